The fourth-order valence-electron chi connectivity index (χ4n) is 1.24. The first-order valence-electron chi connectivity index (χ1n) is 5.33. The smallest absolute Gasteiger partial charge is 0.325 e. The van der Waals surface area contributed by atoms with Crippen LogP contribution in [-0.2, 0) is 16.2 Å². The normalized spacial score (nSPS) is 12.9. The van der Waals surface area contributed by atoms with Crippen molar-refractivity contribution in [3.05, 3.63) is 28.8 Å². The summed E-state index contributed by atoms with van der Waals surface area (Å²) in [5.74, 6) is -3.53. The molecule has 1 rings (SSSR count). The summed E-state index contributed by atoms with van der Waals surface area (Å²) in [5, 5.41) is -0.522. The highest BCUT2D eigenvalue weighted by molar-refractivity contribution is 7.89. The Morgan fingerprint density at radius 1 is 1.18 bits per heavy atom. The van der Waals surface area contributed by atoms with E-state index < -0.39 is 50.7 Å². The van der Waals surface area contributed by atoms with Gasteiger partial charge in [-0.05, 0) is 18.2 Å². The van der Waals surface area contributed by atoms with Crippen molar-refractivity contribution in [1.82, 2.24) is 4.72 Å². The number of nitrogens with one attached hydrogen (secondary N) is 1. The molecule has 12 heteroatoms. The summed E-state index contributed by atoms with van der Waals surface area (Å²) >= 11 is 5.52. The van der Waals surface area contributed by atoms with Crippen LogP contribution in [0.1, 0.15) is 5.56 Å². The predicted octanol–water partition coefficient (Wildman–Crippen LogP) is 2.65. The molecule has 0 saturated carbocycles. The molecule has 0 spiro atoms. The van der Waals surface area contributed by atoms with E-state index in [1.165, 1.54) is 4.72 Å². The van der Waals surface area contributed by atoms with E-state index in [0.29, 0.717) is 6.07 Å². The van der Waals surface area contributed by atoms with Crippen molar-refractivity contribution >= 4 is 34.0 Å². The first-order valence-corrected chi connectivity index (χ1v) is 7.19. The minimum absolute atomic E-state index is 0. The van der Waals surface area contributed by atoms with Gasteiger partial charge in [0.1, 0.15) is 4.90 Å². The maximum atomic E-state index is 12.9. The van der Waals surface area contributed by atoms with Crippen molar-refractivity contribution < 1.29 is 30.4 Å². The van der Waals surface area contributed by atoms with Crippen LogP contribution in [0.5, 0.6) is 0 Å². The van der Waals surface area contributed by atoms with E-state index in [-0.39, 0.29) is 18.5 Å². The maximum Gasteiger partial charge on any atom is 0.416 e. The van der Waals surface area contributed by atoms with Crippen LogP contribution >= 0.6 is 24.0 Å². The first-order chi connectivity index (χ1) is 9.39. The van der Waals surface area contributed by atoms with Gasteiger partial charge in [0.05, 0.1) is 23.7 Å². The summed E-state index contributed by atoms with van der Waals surface area (Å²) in [4.78, 5) is -0.938. The molecule has 0 aliphatic heterocycles. The Morgan fingerprint density at radius 3 is 2.18 bits per heavy atom. The Balaban J connectivity index is 0.00000441. The molecule has 4 nitrogen and oxygen atoms in total. The van der Waals surface area contributed by atoms with Gasteiger partial charge in [0.15, 0.2) is 0 Å². The minimum Gasteiger partial charge on any atom is -0.325 e. The highest BCUT2D eigenvalue weighted by Crippen LogP contribution is 2.33. The molecule has 0 amide bonds. The second-order valence-electron chi connectivity index (χ2n) is 4.03. The van der Waals surface area contributed by atoms with Crippen molar-refractivity contribution in [2.75, 3.05) is 13.1 Å². The average molecular weight is 389 g/mol. The Kier molecular flexibility index (Phi) is 7.04. The molecule has 0 aliphatic rings. The summed E-state index contributed by atoms with van der Waals surface area (Å²) in [5.41, 5.74) is 3.46. The number of halogens is 7. The highest BCUT2D eigenvalue weighted by atomic mass is 35.5. The van der Waals surface area contributed by atoms with E-state index in [1.54, 1.807) is 0 Å². The predicted molar refractivity (Wildman–Crippen MR) is 72.9 cm³/mol. The molecule has 22 heavy (non-hydrogen) atoms. The van der Waals surface area contributed by atoms with Crippen LogP contribution < -0.4 is 10.5 Å². The molecular formula is C10H11Cl2F5N2O2S. The lowest BCUT2D eigenvalue weighted by Gasteiger charge is -2.16. The van der Waals surface area contributed by atoms with Gasteiger partial charge in [0.2, 0.25) is 10.0 Å². The number of nitrogens with two attached hydrogens (primary N) is 1. The van der Waals surface area contributed by atoms with E-state index in [9.17, 15) is 30.4 Å². The van der Waals surface area contributed by atoms with E-state index in [4.69, 9.17) is 17.3 Å². The van der Waals surface area contributed by atoms with E-state index >= 15 is 0 Å². The Morgan fingerprint density at radius 2 is 1.73 bits per heavy atom. The Bertz CT molecular complexity index is 622. The van der Waals surface area contributed by atoms with Gasteiger partial charge in [0.25, 0.3) is 5.92 Å². The lowest BCUT2D eigenvalue weighted by molar-refractivity contribution is -0.137. The van der Waals surface area contributed by atoms with E-state index in [2.05, 4.69) is 0 Å². The molecule has 128 valence electrons. The summed E-state index contributed by atoms with van der Waals surface area (Å²) < 4.78 is 88.4. The molecule has 0 aliphatic carbocycles. The molecule has 0 fully saturated rings. The number of sulfonamides is 1. The lowest BCUT2D eigenvalue weighted by atomic mass is 10.2. The van der Waals surface area contributed by atoms with Crippen LogP contribution in [0.2, 0.25) is 5.02 Å². The summed E-state index contributed by atoms with van der Waals surface area (Å²) in [7, 11) is -4.63. The largest absolute Gasteiger partial charge is 0.416 e. The van der Waals surface area contributed by atoms with Crippen LogP contribution in [0, 0.1) is 0 Å². The van der Waals surface area contributed by atoms with Crippen molar-refractivity contribution in [3.63, 3.8) is 0 Å². The van der Waals surface area contributed by atoms with Gasteiger partial charge in [-0.2, -0.15) is 13.2 Å². The quantitative estimate of drug-likeness (QED) is 0.761. The summed E-state index contributed by atoms with van der Waals surface area (Å²) in [6, 6.07) is 1.57. The maximum absolute atomic E-state index is 12.9. The number of hydrogen-bond donors (Lipinski definition) is 2. The van der Waals surface area contributed by atoms with Crippen LogP contribution in [0.4, 0.5) is 22.0 Å². The van der Waals surface area contributed by atoms with Gasteiger partial charge in [-0.15, -0.1) is 12.4 Å². The van der Waals surface area contributed by atoms with E-state index in [0.717, 1.165) is 6.07 Å². The molecule has 1 aromatic carbocycles. The van der Waals surface area contributed by atoms with Gasteiger partial charge < -0.3 is 5.73 Å². The second-order valence-corrected chi connectivity index (χ2v) is 6.17. The summed E-state index contributed by atoms with van der Waals surface area (Å²) in [6.45, 7) is -2.47. The zero-order chi connectivity index (χ0) is 16.5. The molecule has 0 saturated heterocycles. The fraction of sp³-hybridized carbons (Fsp3) is 0.400. The van der Waals surface area contributed by atoms with Crippen LogP contribution in [0.3, 0.4) is 0 Å². The third-order valence-corrected chi connectivity index (χ3v) is 4.25. The molecule has 0 radical (unpaired) electrons. The van der Waals surface area contributed by atoms with Gasteiger partial charge in [-0.3, -0.25) is 0 Å². The third kappa shape index (κ3) is 5.51. The van der Waals surface area contributed by atoms with Crippen molar-refractivity contribution in [3.8, 4) is 0 Å². The van der Waals surface area contributed by atoms with Gasteiger partial charge in [-0.1, -0.05) is 11.6 Å². The van der Waals surface area contributed by atoms with Crippen LogP contribution in [-0.4, -0.2) is 27.4 Å². The van der Waals surface area contributed by atoms with Crippen molar-refractivity contribution in [2.24, 2.45) is 5.73 Å². The molecule has 0 bridgehead atoms. The number of rotatable bonds is 5. The minimum atomic E-state index is -4.80. The van der Waals surface area contributed by atoms with E-state index in [1.807, 2.05) is 0 Å². The zero-order valence-corrected chi connectivity index (χ0v) is 13.0. The van der Waals surface area contributed by atoms with Gasteiger partial charge >= 0.3 is 6.18 Å². The van der Waals surface area contributed by atoms with Gasteiger partial charge in [0, 0.05) is 0 Å². The Labute approximate surface area is 134 Å². The fourth-order valence-corrected chi connectivity index (χ4v) is 2.82. The van der Waals surface area contributed by atoms with Gasteiger partial charge in [-0.25, -0.2) is 21.9 Å². The SMILES string of the molecule is Cl.NCC(F)(F)CNS(=O)(=O)c1cc(C(F)(F)F)ccc1Cl. The molecule has 0 aromatic heterocycles. The van der Waals surface area contributed by atoms with Crippen LogP contribution in [0.15, 0.2) is 23.1 Å². The molecule has 3 N–H and O–H groups in total. The lowest BCUT2D eigenvalue weighted by Crippen LogP contribution is -2.41. The number of alkyl halides is 5. The standard InChI is InChI=1S/C10H10ClF5N2O2S.ClH/c11-7-2-1-6(10(14,15)16)3-8(7)21(19,20)18-5-9(12,13)4-17;/h1-3,18H,4-5,17H2;1H. The molecule has 0 unspecified atom stereocenters. The Hall–Kier alpha value is -0.680. The third-order valence-electron chi connectivity index (χ3n) is 2.37. The first kappa shape index (κ1) is 21.3. The average Bonchev–Trinajstić information content (AvgIpc) is 2.35. The zero-order valence-electron chi connectivity index (χ0n) is 10.6. The number of hydrogen-bond acceptors (Lipinski definition) is 3. The summed E-state index contributed by atoms with van der Waals surface area (Å²) in [6.07, 6.45) is -4.80. The van der Waals surface area contributed by atoms with Crippen molar-refractivity contribution in [1.29, 1.82) is 0 Å². The second kappa shape index (κ2) is 7.26. The van der Waals surface area contributed by atoms with Crippen LogP contribution in [0.25, 0.3) is 0 Å². The van der Waals surface area contributed by atoms with Crippen molar-refractivity contribution in [2.45, 2.75) is 17.0 Å². The molecule has 0 heterocycles. The monoisotopic (exact) mass is 388 g/mol. The highest BCUT2D eigenvalue weighted by Gasteiger charge is 2.34. The number of benzene rings is 1. The molecular weight excluding hydrogens is 378 g/mol. The molecule has 1 aromatic rings. The topological polar surface area (TPSA) is 72.2 Å². The molecule has 0 atom stereocenters.